The first kappa shape index (κ1) is 18.2. The van der Waals surface area contributed by atoms with Gasteiger partial charge < -0.3 is 14.6 Å². The number of ether oxygens (including phenoxy) is 1. The van der Waals surface area contributed by atoms with Crippen molar-refractivity contribution in [2.24, 2.45) is 0 Å². The Morgan fingerprint density at radius 2 is 2.00 bits per heavy atom. The molecule has 1 aromatic carbocycles. The summed E-state index contributed by atoms with van der Waals surface area (Å²) in [6.45, 7) is 10.9. The molecule has 0 aliphatic rings. The number of unbranched alkanes of at least 4 members (excludes halogenated alkanes) is 1. The third-order valence-corrected chi connectivity index (χ3v) is 4.65. The third kappa shape index (κ3) is 3.52. The van der Waals surface area contributed by atoms with Gasteiger partial charge in [-0.25, -0.2) is 4.79 Å². The monoisotopic (exact) mass is 353 g/mol. The molecule has 0 aliphatic carbocycles. The molecule has 0 fully saturated rings. The molecule has 1 N–H and O–H groups in total. The minimum Gasteiger partial charge on any atom is -0.410 e. The largest absolute Gasteiger partial charge is 0.415 e. The molecule has 0 aliphatic heterocycles. The fraction of sp³-hybridized carbons (Fsp3) is 0.429. The smallest absolute Gasteiger partial charge is 0.410 e. The lowest BCUT2D eigenvalue weighted by Crippen LogP contribution is -2.47. The molecule has 5 heteroatoms. The number of carbonyl (C=O) groups excluding carboxylic acids is 1. The van der Waals surface area contributed by atoms with Crippen LogP contribution in [0.1, 0.15) is 46.2 Å². The molecule has 2 heterocycles. The molecule has 0 radical (unpaired) electrons. The molecule has 138 valence electrons. The van der Waals surface area contributed by atoms with Crippen molar-refractivity contribution in [3.05, 3.63) is 36.2 Å². The normalized spacial score (nSPS) is 11.9. The van der Waals surface area contributed by atoms with Gasteiger partial charge in [0.05, 0.1) is 16.7 Å². The van der Waals surface area contributed by atoms with Gasteiger partial charge in [-0.05, 0) is 52.3 Å². The molecule has 3 aromatic rings. The molecule has 0 unspecified atom stereocenters. The number of nitrogens with one attached hydrogen (secondary N) is 1. The van der Waals surface area contributed by atoms with E-state index in [1.165, 1.54) is 0 Å². The van der Waals surface area contributed by atoms with Crippen molar-refractivity contribution in [3.63, 3.8) is 0 Å². The van der Waals surface area contributed by atoms with E-state index in [4.69, 9.17) is 4.74 Å². The average Bonchev–Trinajstić information content (AvgIpc) is 2.93. The topological polar surface area (TPSA) is 58.2 Å². The van der Waals surface area contributed by atoms with E-state index < -0.39 is 0 Å². The number of nitrogens with zero attached hydrogens (tertiary/aromatic N) is 2. The van der Waals surface area contributed by atoms with Crippen molar-refractivity contribution in [2.45, 2.75) is 53.0 Å². The maximum atomic E-state index is 12.7. The number of aromatic amines is 1. The Labute approximate surface area is 154 Å². The predicted molar refractivity (Wildman–Crippen MR) is 106 cm³/mol. The number of amides is 1. The number of carbonyl (C=O) groups is 1. The summed E-state index contributed by atoms with van der Waals surface area (Å²) >= 11 is 0. The van der Waals surface area contributed by atoms with E-state index in [2.05, 4.69) is 16.9 Å². The third-order valence-electron chi connectivity index (χ3n) is 4.65. The van der Waals surface area contributed by atoms with Gasteiger partial charge in [-0.2, -0.15) is 0 Å². The quantitative estimate of drug-likeness (QED) is 0.681. The molecule has 0 atom stereocenters. The fourth-order valence-electron chi connectivity index (χ4n) is 3.18. The first-order valence-corrected chi connectivity index (χ1v) is 9.17. The van der Waals surface area contributed by atoms with E-state index in [0.717, 1.165) is 40.3 Å². The first-order chi connectivity index (χ1) is 12.3. The second kappa shape index (κ2) is 6.98. The molecule has 5 nitrogen and oxygen atoms in total. The number of hydrogen-bond donors (Lipinski definition) is 1. The van der Waals surface area contributed by atoms with Crippen LogP contribution in [-0.2, 0) is 0 Å². The van der Waals surface area contributed by atoms with E-state index in [-0.39, 0.29) is 11.6 Å². The summed E-state index contributed by atoms with van der Waals surface area (Å²) in [5.74, 6) is 0.547. The van der Waals surface area contributed by atoms with Gasteiger partial charge in [0.15, 0.2) is 0 Å². The molecule has 0 spiro atoms. The zero-order valence-electron chi connectivity index (χ0n) is 16.2. The summed E-state index contributed by atoms with van der Waals surface area (Å²) in [6.07, 6.45) is 3.50. The van der Waals surface area contributed by atoms with Gasteiger partial charge in [-0.3, -0.25) is 4.98 Å². The maximum absolute atomic E-state index is 12.7. The van der Waals surface area contributed by atoms with Crippen molar-refractivity contribution >= 4 is 27.9 Å². The molecule has 0 bridgehead atoms. The lowest BCUT2D eigenvalue weighted by molar-refractivity contribution is 0.106. The average molecular weight is 353 g/mol. The Morgan fingerprint density at radius 3 is 2.69 bits per heavy atom. The Bertz CT molecular complexity index is 937. The standard InChI is InChI=1S/C21H27N3O2/c1-6-7-12-24(21(3,4)5)20(25)26-15-8-9-16-17-10-11-22-14(2)19(17)23-18(16)13-15/h8-11,13,23H,6-7,12H2,1-5H3. The molecular formula is C21H27N3O2. The van der Waals surface area contributed by atoms with E-state index in [9.17, 15) is 4.79 Å². The van der Waals surface area contributed by atoms with Crippen molar-refractivity contribution in [1.82, 2.24) is 14.9 Å². The van der Waals surface area contributed by atoms with Crippen LogP contribution >= 0.6 is 0 Å². The summed E-state index contributed by atoms with van der Waals surface area (Å²) in [5.41, 5.74) is 2.64. The molecule has 26 heavy (non-hydrogen) atoms. The lowest BCUT2D eigenvalue weighted by atomic mass is 10.1. The SMILES string of the molecule is CCCCN(C(=O)Oc1ccc2c(c1)[nH]c1c(C)nccc12)C(C)(C)C. The number of hydrogen-bond acceptors (Lipinski definition) is 3. The highest BCUT2D eigenvalue weighted by molar-refractivity contribution is 6.08. The number of aryl methyl sites for hydroxylation is 1. The van der Waals surface area contributed by atoms with Crippen molar-refractivity contribution in [1.29, 1.82) is 0 Å². The summed E-state index contributed by atoms with van der Waals surface area (Å²) in [7, 11) is 0. The van der Waals surface area contributed by atoms with E-state index in [0.29, 0.717) is 12.3 Å². The van der Waals surface area contributed by atoms with Gasteiger partial charge in [-0.1, -0.05) is 13.3 Å². The Hall–Kier alpha value is -2.56. The predicted octanol–water partition coefficient (Wildman–Crippen LogP) is 5.42. The van der Waals surface area contributed by atoms with Gasteiger partial charge in [-0.15, -0.1) is 0 Å². The number of H-pyrrole nitrogens is 1. The summed E-state index contributed by atoms with van der Waals surface area (Å²) in [6, 6.07) is 7.72. The van der Waals surface area contributed by atoms with Crippen LogP contribution in [0.4, 0.5) is 4.79 Å². The van der Waals surface area contributed by atoms with Crippen LogP contribution in [-0.4, -0.2) is 33.0 Å². The molecular weight excluding hydrogens is 326 g/mol. The number of aromatic nitrogens is 2. The number of benzene rings is 1. The van der Waals surface area contributed by atoms with Gasteiger partial charge >= 0.3 is 6.09 Å². The highest BCUT2D eigenvalue weighted by atomic mass is 16.6. The molecule has 1 amide bonds. The molecule has 0 saturated heterocycles. The minimum absolute atomic E-state index is 0.278. The molecule has 3 rings (SSSR count). The van der Waals surface area contributed by atoms with Gasteiger partial charge in [0.2, 0.25) is 0 Å². The van der Waals surface area contributed by atoms with Crippen LogP contribution in [0, 0.1) is 6.92 Å². The van der Waals surface area contributed by atoms with Crippen molar-refractivity contribution in [2.75, 3.05) is 6.54 Å². The van der Waals surface area contributed by atoms with E-state index in [1.807, 2.05) is 58.2 Å². The van der Waals surface area contributed by atoms with Gasteiger partial charge in [0.1, 0.15) is 5.75 Å². The molecule has 0 saturated carbocycles. The highest BCUT2D eigenvalue weighted by Crippen LogP contribution is 2.29. The van der Waals surface area contributed by atoms with E-state index >= 15 is 0 Å². The Kier molecular flexibility index (Phi) is 4.90. The highest BCUT2D eigenvalue weighted by Gasteiger charge is 2.27. The fourth-order valence-corrected chi connectivity index (χ4v) is 3.18. The maximum Gasteiger partial charge on any atom is 0.415 e. The minimum atomic E-state index is -0.306. The van der Waals surface area contributed by atoms with Crippen molar-refractivity contribution in [3.8, 4) is 5.75 Å². The second-order valence-corrected chi connectivity index (χ2v) is 7.70. The Morgan fingerprint density at radius 1 is 1.23 bits per heavy atom. The van der Waals surface area contributed by atoms with Crippen LogP contribution in [0.2, 0.25) is 0 Å². The van der Waals surface area contributed by atoms with Crippen molar-refractivity contribution < 1.29 is 9.53 Å². The summed E-state index contributed by atoms with van der Waals surface area (Å²) < 4.78 is 5.69. The summed E-state index contributed by atoms with van der Waals surface area (Å²) in [5, 5.41) is 2.23. The Balaban J connectivity index is 1.89. The number of rotatable bonds is 4. The molecule has 2 aromatic heterocycles. The van der Waals surface area contributed by atoms with Crippen LogP contribution in [0.3, 0.4) is 0 Å². The van der Waals surface area contributed by atoms with Gasteiger partial charge in [0.25, 0.3) is 0 Å². The van der Waals surface area contributed by atoms with E-state index in [1.54, 1.807) is 4.90 Å². The number of pyridine rings is 1. The number of fused-ring (bicyclic) bond motifs is 3. The zero-order valence-corrected chi connectivity index (χ0v) is 16.2. The second-order valence-electron chi connectivity index (χ2n) is 7.70. The summed E-state index contributed by atoms with van der Waals surface area (Å²) in [4.78, 5) is 22.2. The van der Waals surface area contributed by atoms with Crippen LogP contribution < -0.4 is 4.74 Å². The lowest BCUT2D eigenvalue weighted by Gasteiger charge is -2.34. The zero-order chi connectivity index (χ0) is 18.9. The van der Waals surface area contributed by atoms with Crippen LogP contribution in [0.15, 0.2) is 30.5 Å². The van der Waals surface area contributed by atoms with Crippen LogP contribution in [0.5, 0.6) is 5.75 Å². The first-order valence-electron chi connectivity index (χ1n) is 9.17. The van der Waals surface area contributed by atoms with Crippen LogP contribution in [0.25, 0.3) is 21.8 Å². The van der Waals surface area contributed by atoms with Gasteiger partial charge in [0, 0.05) is 35.1 Å².